The minimum atomic E-state index is -1.39. The summed E-state index contributed by atoms with van der Waals surface area (Å²) in [5.41, 5.74) is -0.792. The molecule has 2 atom stereocenters. The number of rotatable bonds is 7. The lowest BCUT2D eigenvalue weighted by molar-refractivity contribution is -0.144. The van der Waals surface area contributed by atoms with Crippen molar-refractivity contribution < 1.29 is 29.3 Å². The van der Waals surface area contributed by atoms with Crippen molar-refractivity contribution in [2.24, 2.45) is 5.92 Å². The summed E-state index contributed by atoms with van der Waals surface area (Å²) in [6, 6.07) is 0.415. The summed E-state index contributed by atoms with van der Waals surface area (Å²) in [6.07, 6.45) is -1.23. The maximum atomic E-state index is 11.5. The maximum Gasteiger partial charge on any atom is 0.408 e. The third-order valence-electron chi connectivity index (χ3n) is 2.46. The number of carboxylic acid groups (broad SMARTS) is 2. The van der Waals surface area contributed by atoms with E-state index in [2.05, 4.69) is 5.32 Å². The van der Waals surface area contributed by atoms with Crippen LogP contribution < -0.4 is 5.32 Å². The van der Waals surface area contributed by atoms with E-state index >= 15 is 0 Å². The van der Waals surface area contributed by atoms with E-state index in [1.165, 1.54) is 0 Å². The van der Waals surface area contributed by atoms with Gasteiger partial charge in [0.15, 0.2) is 0 Å². The van der Waals surface area contributed by atoms with Crippen molar-refractivity contribution in [1.29, 1.82) is 5.26 Å². The number of carbonyl (C=O) groups excluding carboxylic acids is 1. The first-order valence-electron chi connectivity index (χ1n) is 6.39. The first-order valence-corrected chi connectivity index (χ1v) is 6.39. The van der Waals surface area contributed by atoms with Crippen molar-refractivity contribution in [3.8, 4) is 6.07 Å². The normalized spacial score (nSPS) is 13.6. The van der Waals surface area contributed by atoms with E-state index < -0.39 is 35.6 Å². The Morgan fingerprint density at radius 3 is 2.19 bits per heavy atom. The molecule has 0 aromatic rings. The molecule has 0 aliphatic rings. The standard InChI is InChI=1S/C13H20N2O6/c1-13(2,3)21-12(20)15-9(11(18)19)7-8(10(16)17)5-4-6-14/h8-9H,4-5,7H2,1-3H3,(H,15,20)(H,16,17)(H,18,19)/t8-,9+/m1/s1. The summed E-state index contributed by atoms with van der Waals surface area (Å²) in [7, 11) is 0. The molecular weight excluding hydrogens is 280 g/mol. The highest BCUT2D eigenvalue weighted by atomic mass is 16.6. The first kappa shape index (κ1) is 18.7. The summed E-state index contributed by atoms with van der Waals surface area (Å²) in [5, 5.41) is 28.6. The molecule has 118 valence electrons. The molecule has 0 aliphatic carbocycles. The number of ether oxygens (including phenoxy) is 1. The van der Waals surface area contributed by atoms with Crippen LogP contribution in [0.3, 0.4) is 0 Å². The molecule has 0 heterocycles. The molecule has 0 unspecified atom stereocenters. The lowest BCUT2D eigenvalue weighted by atomic mass is 9.95. The fourth-order valence-corrected chi connectivity index (χ4v) is 1.54. The predicted octanol–water partition coefficient (Wildman–Crippen LogP) is 1.36. The van der Waals surface area contributed by atoms with Gasteiger partial charge in [0, 0.05) is 6.42 Å². The van der Waals surface area contributed by atoms with Crippen molar-refractivity contribution in [1.82, 2.24) is 5.32 Å². The third kappa shape index (κ3) is 8.47. The van der Waals surface area contributed by atoms with Gasteiger partial charge in [-0.2, -0.15) is 5.26 Å². The molecule has 0 aromatic heterocycles. The van der Waals surface area contributed by atoms with Crippen molar-refractivity contribution in [3.05, 3.63) is 0 Å². The van der Waals surface area contributed by atoms with Crippen LogP contribution in [0.15, 0.2) is 0 Å². The van der Waals surface area contributed by atoms with E-state index in [9.17, 15) is 14.4 Å². The fourth-order valence-electron chi connectivity index (χ4n) is 1.54. The largest absolute Gasteiger partial charge is 0.481 e. The Balaban J connectivity index is 4.75. The van der Waals surface area contributed by atoms with Crippen molar-refractivity contribution in [3.63, 3.8) is 0 Å². The number of carbonyl (C=O) groups is 3. The number of aliphatic carboxylic acids is 2. The number of carboxylic acids is 2. The zero-order valence-corrected chi connectivity index (χ0v) is 12.3. The molecule has 0 rings (SSSR count). The third-order valence-corrected chi connectivity index (χ3v) is 2.46. The highest BCUT2D eigenvalue weighted by Crippen LogP contribution is 2.15. The second-order valence-corrected chi connectivity index (χ2v) is 5.50. The van der Waals surface area contributed by atoms with Crippen LogP contribution in [0.25, 0.3) is 0 Å². The van der Waals surface area contributed by atoms with Crippen molar-refractivity contribution >= 4 is 18.0 Å². The van der Waals surface area contributed by atoms with Crippen LogP contribution in [0.5, 0.6) is 0 Å². The van der Waals surface area contributed by atoms with Gasteiger partial charge in [-0.15, -0.1) is 0 Å². The molecule has 0 aromatic carbocycles. The summed E-state index contributed by atoms with van der Waals surface area (Å²) < 4.78 is 4.93. The van der Waals surface area contributed by atoms with Gasteiger partial charge in [0.2, 0.25) is 0 Å². The van der Waals surface area contributed by atoms with Gasteiger partial charge < -0.3 is 20.3 Å². The zero-order valence-electron chi connectivity index (χ0n) is 12.3. The molecule has 0 spiro atoms. The molecule has 1 amide bonds. The predicted molar refractivity (Wildman–Crippen MR) is 71.4 cm³/mol. The van der Waals surface area contributed by atoms with E-state index in [1.807, 2.05) is 0 Å². The summed E-state index contributed by atoms with van der Waals surface area (Å²) in [4.78, 5) is 33.7. The van der Waals surface area contributed by atoms with Gasteiger partial charge in [0.25, 0.3) is 0 Å². The Kier molecular flexibility index (Phi) is 7.21. The van der Waals surface area contributed by atoms with E-state index in [-0.39, 0.29) is 19.3 Å². The van der Waals surface area contributed by atoms with E-state index in [0.29, 0.717) is 0 Å². The molecule has 0 saturated heterocycles. The van der Waals surface area contributed by atoms with Crippen LogP contribution in [-0.4, -0.2) is 39.9 Å². The zero-order chi connectivity index (χ0) is 16.6. The molecule has 0 bridgehead atoms. The van der Waals surface area contributed by atoms with Gasteiger partial charge in [-0.25, -0.2) is 9.59 Å². The van der Waals surface area contributed by atoms with Crippen molar-refractivity contribution in [2.75, 3.05) is 0 Å². The molecule has 0 saturated carbocycles. The van der Waals surface area contributed by atoms with E-state index in [0.717, 1.165) is 0 Å². The van der Waals surface area contributed by atoms with Crippen LogP contribution in [0.1, 0.15) is 40.0 Å². The summed E-state index contributed by atoms with van der Waals surface area (Å²) in [5.74, 6) is -3.59. The first-order chi connectivity index (χ1) is 9.56. The van der Waals surface area contributed by atoms with Gasteiger partial charge in [-0.3, -0.25) is 4.79 Å². The summed E-state index contributed by atoms with van der Waals surface area (Å²) >= 11 is 0. The fraction of sp³-hybridized carbons (Fsp3) is 0.692. The topological polar surface area (TPSA) is 137 Å². The number of nitriles is 1. The van der Waals surface area contributed by atoms with Gasteiger partial charge in [-0.1, -0.05) is 0 Å². The Morgan fingerprint density at radius 1 is 1.24 bits per heavy atom. The number of amides is 1. The van der Waals surface area contributed by atoms with Gasteiger partial charge in [0.1, 0.15) is 11.6 Å². The average molecular weight is 300 g/mol. The van der Waals surface area contributed by atoms with Crippen molar-refractivity contribution in [2.45, 2.75) is 51.7 Å². The molecule has 3 N–H and O–H groups in total. The van der Waals surface area contributed by atoms with Gasteiger partial charge >= 0.3 is 18.0 Å². The quantitative estimate of drug-likeness (QED) is 0.645. The Morgan fingerprint density at radius 2 is 1.81 bits per heavy atom. The average Bonchev–Trinajstić information content (AvgIpc) is 2.29. The Hall–Kier alpha value is -2.30. The minimum Gasteiger partial charge on any atom is -0.481 e. The minimum absolute atomic E-state index is 0.00422. The second kappa shape index (κ2) is 8.09. The molecular formula is C13H20N2O6. The second-order valence-electron chi connectivity index (χ2n) is 5.50. The monoisotopic (exact) mass is 300 g/mol. The summed E-state index contributed by atoms with van der Waals surface area (Å²) in [6.45, 7) is 4.86. The number of hydrogen-bond donors (Lipinski definition) is 3. The molecule has 8 heteroatoms. The van der Waals surface area contributed by atoms with Crippen LogP contribution in [-0.2, 0) is 14.3 Å². The lowest BCUT2D eigenvalue weighted by Gasteiger charge is -2.23. The molecule has 8 nitrogen and oxygen atoms in total. The molecule has 0 fully saturated rings. The van der Waals surface area contributed by atoms with E-state index in [1.54, 1.807) is 26.8 Å². The van der Waals surface area contributed by atoms with E-state index in [4.69, 9.17) is 20.2 Å². The number of hydrogen-bond acceptors (Lipinski definition) is 5. The van der Waals surface area contributed by atoms with Crippen LogP contribution >= 0.6 is 0 Å². The Labute approximate surface area is 122 Å². The maximum absolute atomic E-state index is 11.5. The molecule has 0 aliphatic heterocycles. The number of nitrogens with one attached hydrogen (secondary N) is 1. The van der Waals surface area contributed by atoms with Gasteiger partial charge in [-0.05, 0) is 33.6 Å². The van der Waals surface area contributed by atoms with Crippen LogP contribution in [0, 0.1) is 17.2 Å². The SMILES string of the molecule is CC(C)(C)OC(=O)N[C@@H](C[C@@H](CCC#N)C(=O)O)C(=O)O. The van der Waals surface area contributed by atoms with Crippen LogP contribution in [0.2, 0.25) is 0 Å². The van der Waals surface area contributed by atoms with Gasteiger partial charge in [0.05, 0.1) is 12.0 Å². The molecule has 0 radical (unpaired) electrons. The highest BCUT2D eigenvalue weighted by molar-refractivity contribution is 5.81. The smallest absolute Gasteiger partial charge is 0.408 e. The number of alkyl carbamates (subject to hydrolysis) is 1. The van der Waals surface area contributed by atoms with Crippen LogP contribution in [0.4, 0.5) is 4.79 Å². The number of nitrogens with zero attached hydrogens (tertiary/aromatic N) is 1. The molecule has 21 heavy (non-hydrogen) atoms. The lowest BCUT2D eigenvalue weighted by Crippen LogP contribution is -2.45. The Bertz CT molecular complexity index is 435. The highest BCUT2D eigenvalue weighted by Gasteiger charge is 2.29.